The fourth-order valence-electron chi connectivity index (χ4n) is 2.08. The van der Waals surface area contributed by atoms with E-state index >= 15 is 0 Å². The fraction of sp³-hybridized carbons (Fsp3) is 0.250. The number of hydrogen-bond donors (Lipinski definition) is 0. The van der Waals surface area contributed by atoms with Crippen molar-refractivity contribution >= 4 is 0 Å². The number of hydrogen-bond acceptors (Lipinski definition) is 3. The number of rotatable bonds is 2. The van der Waals surface area contributed by atoms with Crippen LogP contribution in [0.15, 0.2) is 35.3 Å². The highest BCUT2D eigenvalue weighted by atomic mass is 16.5. The molecule has 3 heteroatoms. The normalized spacial score (nSPS) is 18.1. The summed E-state index contributed by atoms with van der Waals surface area (Å²) < 4.78 is 10.2. The molecule has 1 unspecified atom stereocenters. The predicted molar refractivity (Wildman–Crippen MR) is 55.0 cm³/mol. The van der Waals surface area contributed by atoms with Gasteiger partial charge in [-0.2, -0.15) is 0 Å². The quantitative estimate of drug-likeness (QED) is 0.748. The van der Waals surface area contributed by atoms with Gasteiger partial charge in [-0.05, 0) is 29.7 Å². The van der Waals surface area contributed by atoms with E-state index in [0.717, 1.165) is 17.9 Å². The molecule has 0 aliphatic heterocycles. The Bertz CT molecular complexity index is 476. The van der Waals surface area contributed by atoms with Crippen LogP contribution in [0.2, 0.25) is 0 Å². The summed E-state index contributed by atoms with van der Waals surface area (Å²) in [6.45, 7) is 0. The highest BCUT2D eigenvalue weighted by Crippen LogP contribution is 2.40. The van der Waals surface area contributed by atoms with Gasteiger partial charge in [0.25, 0.3) is 0 Å². The Labute approximate surface area is 87.7 Å². The summed E-state index contributed by atoms with van der Waals surface area (Å²) >= 11 is 0. The minimum absolute atomic E-state index is 0.407. The van der Waals surface area contributed by atoms with E-state index in [1.165, 1.54) is 17.5 Å². The van der Waals surface area contributed by atoms with Crippen LogP contribution >= 0.6 is 0 Å². The topological polar surface area (TPSA) is 35.3 Å². The van der Waals surface area contributed by atoms with Crippen LogP contribution < -0.4 is 4.74 Å². The lowest BCUT2D eigenvalue weighted by Gasteiger charge is -2.28. The van der Waals surface area contributed by atoms with Crippen molar-refractivity contribution in [2.45, 2.75) is 12.3 Å². The zero-order valence-electron chi connectivity index (χ0n) is 8.43. The molecule has 15 heavy (non-hydrogen) atoms. The first-order chi connectivity index (χ1) is 7.38. The van der Waals surface area contributed by atoms with E-state index in [2.05, 4.69) is 17.1 Å². The molecule has 3 nitrogen and oxygen atoms in total. The summed E-state index contributed by atoms with van der Waals surface area (Å²) in [5.41, 5.74) is 3.71. The number of ether oxygens (including phenoxy) is 1. The highest BCUT2D eigenvalue weighted by Gasteiger charge is 2.29. The third-order valence-electron chi connectivity index (χ3n) is 2.96. The molecule has 3 rings (SSSR count). The van der Waals surface area contributed by atoms with Crippen molar-refractivity contribution < 1.29 is 9.15 Å². The molecular formula is C12H11NO2. The Hall–Kier alpha value is -1.77. The first kappa shape index (κ1) is 8.53. The van der Waals surface area contributed by atoms with Gasteiger partial charge >= 0.3 is 0 Å². The summed E-state index contributed by atoms with van der Waals surface area (Å²) in [6.07, 6.45) is 4.23. The van der Waals surface area contributed by atoms with Crippen molar-refractivity contribution in [1.29, 1.82) is 0 Å². The maximum atomic E-state index is 5.18. The maximum absolute atomic E-state index is 5.18. The van der Waals surface area contributed by atoms with Crippen molar-refractivity contribution in [3.8, 4) is 5.75 Å². The molecule has 1 heterocycles. The Kier molecular flexibility index (Phi) is 1.78. The van der Waals surface area contributed by atoms with E-state index in [1.807, 2.05) is 6.07 Å². The van der Waals surface area contributed by atoms with E-state index in [-0.39, 0.29) is 0 Å². The Morgan fingerprint density at radius 2 is 2.40 bits per heavy atom. The molecule has 0 fully saturated rings. The summed E-state index contributed by atoms with van der Waals surface area (Å²) in [4.78, 5) is 4.18. The Morgan fingerprint density at radius 1 is 1.47 bits per heavy atom. The van der Waals surface area contributed by atoms with Crippen LogP contribution in [0, 0.1) is 0 Å². The van der Waals surface area contributed by atoms with Gasteiger partial charge in [-0.25, -0.2) is 4.98 Å². The van der Waals surface area contributed by atoms with Gasteiger partial charge in [-0.15, -0.1) is 0 Å². The predicted octanol–water partition coefficient (Wildman–Crippen LogP) is 2.37. The van der Waals surface area contributed by atoms with Crippen LogP contribution in [0.4, 0.5) is 0 Å². The van der Waals surface area contributed by atoms with Crippen LogP contribution in [-0.2, 0) is 6.42 Å². The van der Waals surface area contributed by atoms with Crippen molar-refractivity contribution in [1.82, 2.24) is 4.98 Å². The molecule has 1 aliphatic rings. The van der Waals surface area contributed by atoms with Crippen molar-refractivity contribution in [3.05, 3.63) is 47.7 Å². The maximum Gasteiger partial charge on any atom is 0.180 e. The second kappa shape index (κ2) is 3.12. The van der Waals surface area contributed by atoms with Gasteiger partial charge in [0.05, 0.1) is 12.8 Å². The highest BCUT2D eigenvalue weighted by molar-refractivity contribution is 5.48. The van der Waals surface area contributed by atoms with E-state index in [1.54, 1.807) is 13.4 Å². The molecule has 1 aliphatic carbocycles. The number of fused-ring (bicyclic) bond motifs is 1. The number of methoxy groups -OCH3 is 1. The number of benzene rings is 1. The van der Waals surface area contributed by atoms with Gasteiger partial charge < -0.3 is 9.15 Å². The standard InChI is InChI=1S/C12H11NO2/c1-14-9-2-3-10-8(4-9)5-11(10)12-6-15-7-13-12/h2-4,6-7,11H,5H2,1H3. The molecule has 0 N–H and O–H groups in total. The molecule has 0 radical (unpaired) electrons. The van der Waals surface area contributed by atoms with Crippen molar-refractivity contribution in [2.24, 2.45) is 0 Å². The molecule has 2 aromatic rings. The summed E-state index contributed by atoms with van der Waals surface area (Å²) in [7, 11) is 1.69. The SMILES string of the molecule is COc1ccc2c(c1)CC2c1cocn1. The van der Waals surface area contributed by atoms with Gasteiger partial charge in [0.15, 0.2) is 6.39 Å². The van der Waals surface area contributed by atoms with E-state index in [4.69, 9.17) is 9.15 Å². The lowest BCUT2D eigenvalue weighted by atomic mass is 9.76. The van der Waals surface area contributed by atoms with E-state index in [9.17, 15) is 0 Å². The third-order valence-corrected chi connectivity index (χ3v) is 2.96. The van der Waals surface area contributed by atoms with E-state index < -0.39 is 0 Å². The molecule has 76 valence electrons. The molecule has 1 aromatic heterocycles. The average Bonchev–Trinajstić information content (AvgIpc) is 2.73. The second-order valence-corrected chi connectivity index (χ2v) is 3.73. The average molecular weight is 201 g/mol. The molecule has 1 atom stereocenters. The van der Waals surface area contributed by atoms with Gasteiger partial charge in [-0.3, -0.25) is 0 Å². The minimum Gasteiger partial charge on any atom is -0.497 e. The molecule has 1 aromatic carbocycles. The number of oxazole rings is 1. The molecule has 0 saturated heterocycles. The Balaban J connectivity index is 1.94. The monoisotopic (exact) mass is 201 g/mol. The van der Waals surface area contributed by atoms with Crippen LogP contribution in [0.1, 0.15) is 22.7 Å². The largest absolute Gasteiger partial charge is 0.497 e. The van der Waals surface area contributed by atoms with Gasteiger partial charge in [0, 0.05) is 5.92 Å². The van der Waals surface area contributed by atoms with E-state index in [0.29, 0.717) is 5.92 Å². The van der Waals surface area contributed by atoms with Gasteiger partial charge in [0.1, 0.15) is 12.0 Å². The van der Waals surface area contributed by atoms with Crippen LogP contribution in [0.25, 0.3) is 0 Å². The summed E-state index contributed by atoms with van der Waals surface area (Å²) in [5.74, 6) is 1.33. The molecule has 0 spiro atoms. The van der Waals surface area contributed by atoms with Crippen molar-refractivity contribution in [3.63, 3.8) is 0 Å². The van der Waals surface area contributed by atoms with Gasteiger partial charge in [0.2, 0.25) is 0 Å². The molecule has 0 saturated carbocycles. The first-order valence-electron chi connectivity index (χ1n) is 4.93. The number of aromatic nitrogens is 1. The van der Waals surface area contributed by atoms with Crippen LogP contribution in [-0.4, -0.2) is 12.1 Å². The lowest BCUT2D eigenvalue weighted by molar-refractivity contribution is 0.413. The summed E-state index contributed by atoms with van der Waals surface area (Å²) in [5, 5.41) is 0. The first-order valence-corrected chi connectivity index (χ1v) is 4.93. The second-order valence-electron chi connectivity index (χ2n) is 3.73. The summed E-state index contributed by atoms with van der Waals surface area (Å²) in [6, 6.07) is 6.19. The zero-order valence-corrected chi connectivity index (χ0v) is 8.43. The number of nitrogens with zero attached hydrogens (tertiary/aromatic N) is 1. The van der Waals surface area contributed by atoms with Crippen LogP contribution in [0.3, 0.4) is 0 Å². The van der Waals surface area contributed by atoms with Crippen molar-refractivity contribution in [2.75, 3.05) is 7.11 Å². The third kappa shape index (κ3) is 1.23. The minimum atomic E-state index is 0.407. The van der Waals surface area contributed by atoms with Crippen LogP contribution in [0.5, 0.6) is 5.75 Å². The zero-order chi connectivity index (χ0) is 10.3. The Morgan fingerprint density at radius 3 is 3.07 bits per heavy atom. The lowest BCUT2D eigenvalue weighted by Crippen LogP contribution is -2.18. The molecule has 0 amide bonds. The smallest absolute Gasteiger partial charge is 0.180 e. The fourth-order valence-corrected chi connectivity index (χ4v) is 2.08. The van der Waals surface area contributed by atoms with Gasteiger partial charge in [-0.1, -0.05) is 6.07 Å². The molecule has 0 bridgehead atoms. The molecular weight excluding hydrogens is 190 g/mol.